The summed E-state index contributed by atoms with van der Waals surface area (Å²) in [6, 6.07) is 7.41. The topological polar surface area (TPSA) is 46.5 Å². The Kier molecular flexibility index (Phi) is 3.37. The van der Waals surface area contributed by atoms with Gasteiger partial charge in [-0.25, -0.2) is 0 Å². The number of hydrogen-bond acceptors (Lipinski definition) is 2. The lowest BCUT2D eigenvalue weighted by atomic mass is 9.72. The molecule has 0 saturated heterocycles. The van der Waals surface area contributed by atoms with Crippen molar-refractivity contribution < 1.29 is 14.6 Å². The fourth-order valence-electron chi connectivity index (χ4n) is 1.04. The average Bonchev–Trinajstić information content (AvgIpc) is 2.15. The Labute approximate surface area is 77.6 Å². The Bertz CT molecular complexity index is 281. The van der Waals surface area contributed by atoms with E-state index in [4.69, 9.17) is 9.84 Å². The van der Waals surface area contributed by atoms with E-state index in [-0.39, 0.29) is 7.28 Å². The van der Waals surface area contributed by atoms with Crippen molar-refractivity contribution in [2.45, 2.75) is 6.32 Å². The van der Waals surface area contributed by atoms with Crippen LogP contribution in [0.3, 0.4) is 0 Å². The van der Waals surface area contributed by atoms with Crippen LogP contribution in [0.5, 0.6) is 5.75 Å². The first kappa shape index (κ1) is 9.64. The molecule has 0 spiro atoms. The van der Waals surface area contributed by atoms with Gasteiger partial charge in [0, 0.05) is 0 Å². The molecule has 0 amide bonds. The van der Waals surface area contributed by atoms with E-state index in [0.29, 0.717) is 6.32 Å². The second-order valence-corrected chi connectivity index (χ2v) is 2.74. The predicted molar refractivity (Wildman–Crippen MR) is 51.9 cm³/mol. The third-order valence-corrected chi connectivity index (χ3v) is 1.79. The molecule has 0 radical (unpaired) electrons. The third kappa shape index (κ3) is 3.19. The van der Waals surface area contributed by atoms with Crippen LogP contribution in [0.4, 0.5) is 4.79 Å². The first-order valence-corrected chi connectivity index (χ1v) is 4.07. The van der Waals surface area contributed by atoms with Crippen molar-refractivity contribution in [1.82, 2.24) is 0 Å². The molecule has 13 heavy (non-hydrogen) atoms. The van der Waals surface area contributed by atoms with Gasteiger partial charge in [-0.15, -0.1) is 0 Å². The van der Waals surface area contributed by atoms with Crippen molar-refractivity contribution in [3.8, 4) is 5.75 Å². The Morgan fingerprint density at radius 3 is 2.54 bits per heavy atom. The third-order valence-electron chi connectivity index (χ3n) is 1.79. The molecular formula is C9H11BO3. The Morgan fingerprint density at radius 1 is 1.46 bits per heavy atom. The summed E-state index contributed by atoms with van der Waals surface area (Å²) in [6.45, 7) is 0. The summed E-state index contributed by atoms with van der Waals surface area (Å²) < 4.78 is 4.98. The average molecular weight is 178 g/mol. The van der Waals surface area contributed by atoms with Crippen LogP contribution in [0, 0.1) is 0 Å². The molecule has 3 nitrogen and oxygen atoms in total. The van der Waals surface area contributed by atoms with E-state index in [1.165, 1.54) is 0 Å². The molecule has 1 aromatic rings. The number of benzene rings is 1. The maximum absolute atomic E-state index is 10.3. The minimum Gasteiger partial charge on any atom is -0.497 e. The fraction of sp³-hybridized carbons (Fsp3) is 0.222. The van der Waals surface area contributed by atoms with Gasteiger partial charge >= 0.3 is 0 Å². The first-order chi connectivity index (χ1) is 6.22. The number of hydrogen-bond donors (Lipinski definition) is 1. The minimum atomic E-state index is -0.768. The van der Waals surface area contributed by atoms with Crippen molar-refractivity contribution >= 4 is 13.1 Å². The maximum Gasteiger partial charge on any atom is 0.264 e. The molecule has 68 valence electrons. The van der Waals surface area contributed by atoms with E-state index in [0.717, 1.165) is 11.3 Å². The zero-order valence-corrected chi connectivity index (χ0v) is 7.49. The molecule has 0 bridgehead atoms. The van der Waals surface area contributed by atoms with Gasteiger partial charge in [0.25, 0.3) is 7.28 Å². The van der Waals surface area contributed by atoms with Crippen LogP contribution in [0.15, 0.2) is 24.3 Å². The summed E-state index contributed by atoms with van der Waals surface area (Å²) >= 11 is 0. The summed E-state index contributed by atoms with van der Waals surface area (Å²) in [5, 5.41) is 8.45. The van der Waals surface area contributed by atoms with E-state index < -0.39 is 5.87 Å². The molecule has 1 rings (SSSR count). The van der Waals surface area contributed by atoms with Gasteiger partial charge in [0.2, 0.25) is 5.87 Å². The van der Waals surface area contributed by atoms with E-state index in [2.05, 4.69) is 0 Å². The highest BCUT2D eigenvalue weighted by atomic mass is 16.5. The van der Waals surface area contributed by atoms with Gasteiger partial charge in [0.1, 0.15) is 5.75 Å². The van der Waals surface area contributed by atoms with Crippen molar-refractivity contribution in [2.75, 3.05) is 7.11 Å². The lowest BCUT2D eigenvalue weighted by Gasteiger charge is -2.00. The van der Waals surface area contributed by atoms with E-state index in [1.807, 2.05) is 24.3 Å². The van der Waals surface area contributed by atoms with Crippen LogP contribution in [-0.2, 0) is 6.32 Å². The summed E-state index contributed by atoms with van der Waals surface area (Å²) in [6.07, 6.45) is 0.569. The second-order valence-electron chi connectivity index (χ2n) is 2.74. The first-order valence-electron chi connectivity index (χ1n) is 4.07. The molecule has 0 aliphatic heterocycles. The summed E-state index contributed by atoms with van der Waals surface area (Å²) in [5.41, 5.74) is 1.02. The SMILES string of the molecule is COc1ccc(CBC(=O)O)cc1. The van der Waals surface area contributed by atoms with Gasteiger partial charge in [0.15, 0.2) is 0 Å². The van der Waals surface area contributed by atoms with Crippen molar-refractivity contribution in [3.63, 3.8) is 0 Å². The standard InChI is InChI=1S/C9H11BO3/c1-13-8-4-2-7(3-5-8)6-10-9(11)12/h2-5,10H,6H2,1H3,(H,11,12). The van der Waals surface area contributed by atoms with Crippen LogP contribution >= 0.6 is 0 Å². The van der Waals surface area contributed by atoms with Crippen LogP contribution in [0.2, 0.25) is 0 Å². The van der Waals surface area contributed by atoms with E-state index in [9.17, 15) is 4.79 Å². The van der Waals surface area contributed by atoms with E-state index >= 15 is 0 Å². The number of methoxy groups -OCH3 is 1. The predicted octanol–water partition coefficient (Wildman–Crippen LogP) is 1.31. The monoisotopic (exact) mass is 178 g/mol. The van der Waals surface area contributed by atoms with Crippen molar-refractivity contribution in [1.29, 1.82) is 0 Å². The van der Waals surface area contributed by atoms with Gasteiger partial charge in [0.05, 0.1) is 7.11 Å². The molecule has 0 heterocycles. The van der Waals surface area contributed by atoms with Crippen molar-refractivity contribution in [2.24, 2.45) is 0 Å². The van der Waals surface area contributed by atoms with Gasteiger partial charge in [-0.2, -0.15) is 0 Å². The highest BCUT2D eigenvalue weighted by molar-refractivity contribution is 6.71. The molecule has 1 N–H and O–H groups in total. The summed E-state index contributed by atoms with van der Waals surface area (Å²) in [5.74, 6) is 0.0230. The number of ether oxygens (including phenoxy) is 1. The molecule has 0 atom stereocenters. The molecule has 4 heteroatoms. The molecule has 0 saturated carbocycles. The smallest absolute Gasteiger partial charge is 0.264 e. The molecule has 0 aliphatic rings. The lowest BCUT2D eigenvalue weighted by molar-refractivity contribution is 0.219. The second kappa shape index (κ2) is 4.55. The van der Waals surface area contributed by atoms with Gasteiger partial charge in [-0.3, -0.25) is 4.79 Å². The maximum atomic E-state index is 10.3. The zero-order chi connectivity index (χ0) is 9.68. The van der Waals surface area contributed by atoms with Gasteiger partial charge < -0.3 is 9.84 Å². The highest BCUT2D eigenvalue weighted by Gasteiger charge is 2.01. The lowest BCUT2D eigenvalue weighted by Crippen LogP contribution is -2.08. The number of carboxylic acid groups (broad SMARTS) is 1. The minimum absolute atomic E-state index is 0.173. The number of rotatable bonds is 4. The van der Waals surface area contributed by atoms with Crippen LogP contribution < -0.4 is 4.74 Å². The normalized spacial score (nSPS) is 9.31. The molecule has 1 aromatic carbocycles. The van der Waals surface area contributed by atoms with E-state index in [1.54, 1.807) is 7.11 Å². The van der Waals surface area contributed by atoms with Crippen LogP contribution in [0.25, 0.3) is 0 Å². The van der Waals surface area contributed by atoms with Crippen molar-refractivity contribution in [3.05, 3.63) is 29.8 Å². The van der Waals surface area contributed by atoms with Crippen LogP contribution in [0.1, 0.15) is 5.56 Å². The Balaban J connectivity index is 2.54. The largest absolute Gasteiger partial charge is 0.497 e. The molecule has 0 fully saturated rings. The molecular weight excluding hydrogens is 167 g/mol. The highest BCUT2D eigenvalue weighted by Crippen LogP contribution is 2.11. The quantitative estimate of drug-likeness (QED) is 0.707. The van der Waals surface area contributed by atoms with Gasteiger partial charge in [-0.05, 0) is 18.5 Å². The Morgan fingerprint density at radius 2 is 2.08 bits per heavy atom. The number of carbonyl (C=O) groups is 1. The fourth-order valence-corrected chi connectivity index (χ4v) is 1.04. The van der Waals surface area contributed by atoms with Gasteiger partial charge in [-0.1, -0.05) is 17.7 Å². The summed E-state index contributed by atoms with van der Waals surface area (Å²) in [7, 11) is 1.78. The molecule has 0 aromatic heterocycles. The Hall–Kier alpha value is -1.45. The molecule has 0 unspecified atom stereocenters. The zero-order valence-electron chi connectivity index (χ0n) is 7.49. The van der Waals surface area contributed by atoms with Crippen LogP contribution in [-0.4, -0.2) is 25.4 Å². The molecule has 0 aliphatic carbocycles. The summed E-state index contributed by atoms with van der Waals surface area (Å²) in [4.78, 5) is 10.3.